The first-order chi connectivity index (χ1) is 16.3. The van der Waals surface area contributed by atoms with Crippen LogP contribution in [-0.2, 0) is 14.4 Å². The summed E-state index contributed by atoms with van der Waals surface area (Å²) in [5.41, 5.74) is 1.06. The molecule has 3 atom stereocenters. The van der Waals surface area contributed by atoms with Crippen molar-refractivity contribution in [2.24, 2.45) is 11.8 Å². The molecule has 3 rings (SSSR count). The quantitative estimate of drug-likeness (QED) is 0.356. The molecule has 2 aromatic carbocycles. The predicted molar refractivity (Wildman–Crippen MR) is 132 cm³/mol. The van der Waals surface area contributed by atoms with Gasteiger partial charge in [0.05, 0.1) is 37.0 Å². The van der Waals surface area contributed by atoms with Gasteiger partial charge in [0.1, 0.15) is 11.5 Å². The zero-order valence-corrected chi connectivity index (χ0v) is 20.1. The highest BCUT2D eigenvalue weighted by molar-refractivity contribution is 8.00. The molecule has 1 aliphatic rings. The maximum atomic E-state index is 12.8. The number of rotatable bonds is 9. The summed E-state index contributed by atoms with van der Waals surface area (Å²) in [5, 5.41) is 14.7. The molecule has 2 aromatic rings. The van der Waals surface area contributed by atoms with E-state index in [1.54, 1.807) is 56.5 Å². The molecule has 0 radical (unpaired) electrons. The number of aliphatic carboxylic acids is 1. The molecule has 0 aromatic heterocycles. The molecule has 0 spiro atoms. The number of hydrogen-bond acceptors (Lipinski definition) is 6. The summed E-state index contributed by atoms with van der Waals surface area (Å²) in [5.74, 6) is -1.76. The highest BCUT2D eigenvalue weighted by atomic mass is 32.2. The van der Waals surface area contributed by atoms with Crippen molar-refractivity contribution in [1.82, 2.24) is 0 Å². The molecule has 0 fully saturated rings. The average molecular weight is 485 g/mol. The maximum Gasteiger partial charge on any atom is 0.307 e. The third-order valence-corrected chi connectivity index (χ3v) is 6.63. The van der Waals surface area contributed by atoms with Gasteiger partial charge in [-0.25, -0.2) is 0 Å². The van der Waals surface area contributed by atoms with E-state index in [2.05, 4.69) is 10.6 Å². The van der Waals surface area contributed by atoms with Crippen LogP contribution in [0, 0.1) is 11.8 Å². The minimum Gasteiger partial charge on any atom is -0.497 e. The molecule has 9 heteroatoms. The van der Waals surface area contributed by atoms with E-state index in [1.165, 1.54) is 18.9 Å². The lowest BCUT2D eigenvalue weighted by Crippen LogP contribution is -2.34. The monoisotopic (exact) mass is 484 g/mol. The van der Waals surface area contributed by atoms with Crippen molar-refractivity contribution in [1.29, 1.82) is 0 Å². The number of nitrogens with one attached hydrogen (secondary N) is 2. The maximum absolute atomic E-state index is 12.8. The van der Waals surface area contributed by atoms with Gasteiger partial charge >= 0.3 is 5.97 Å². The van der Waals surface area contributed by atoms with E-state index >= 15 is 0 Å². The largest absolute Gasteiger partial charge is 0.497 e. The molecule has 8 nitrogen and oxygen atoms in total. The van der Waals surface area contributed by atoms with E-state index in [4.69, 9.17) is 9.47 Å². The second-order valence-electron chi connectivity index (χ2n) is 7.83. The number of carboxylic acids is 1. The van der Waals surface area contributed by atoms with Crippen LogP contribution in [-0.4, -0.2) is 42.4 Å². The number of thioether (sulfide) groups is 1. The Kier molecular flexibility index (Phi) is 8.59. The van der Waals surface area contributed by atoms with Crippen molar-refractivity contribution < 1.29 is 29.0 Å². The van der Waals surface area contributed by atoms with Gasteiger partial charge in [-0.1, -0.05) is 18.2 Å². The Labute approximate surface area is 202 Å². The minimum absolute atomic E-state index is 0.218. The van der Waals surface area contributed by atoms with Crippen molar-refractivity contribution in [3.8, 4) is 11.5 Å². The Morgan fingerprint density at radius 1 is 1.00 bits per heavy atom. The molecule has 0 bridgehead atoms. The van der Waals surface area contributed by atoms with Crippen LogP contribution in [0.5, 0.6) is 11.5 Å². The minimum atomic E-state index is -0.971. The van der Waals surface area contributed by atoms with E-state index in [9.17, 15) is 19.5 Å². The van der Waals surface area contributed by atoms with E-state index in [0.717, 1.165) is 4.90 Å². The average Bonchev–Trinajstić information content (AvgIpc) is 2.84. The second-order valence-corrected chi connectivity index (χ2v) is 9.24. The highest BCUT2D eigenvalue weighted by Gasteiger charge is 2.34. The summed E-state index contributed by atoms with van der Waals surface area (Å²) in [7, 11) is 3.07. The zero-order valence-electron chi connectivity index (χ0n) is 19.2. The van der Waals surface area contributed by atoms with Crippen LogP contribution in [0.2, 0.25) is 0 Å². The van der Waals surface area contributed by atoms with Gasteiger partial charge in [-0.15, -0.1) is 11.8 Å². The molecule has 3 unspecified atom stereocenters. The molecule has 1 aliphatic carbocycles. The Morgan fingerprint density at radius 3 is 2.41 bits per heavy atom. The molecule has 0 saturated heterocycles. The Morgan fingerprint density at radius 2 is 1.74 bits per heavy atom. The van der Waals surface area contributed by atoms with Gasteiger partial charge in [0.15, 0.2) is 0 Å². The van der Waals surface area contributed by atoms with Crippen LogP contribution >= 0.6 is 11.8 Å². The molecule has 0 saturated carbocycles. The van der Waals surface area contributed by atoms with Crippen LogP contribution in [0.3, 0.4) is 0 Å². The summed E-state index contributed by atoms with van der Waals surface area (Å²) in [6.45, 7) is 1.78. The summed E-state index contributed by atoms with van der Waals surface area (Å²) in [6.07, 6.45) is 4.37. The number of hydrogen-bond donors (Lipinski definition) is 3. The predicted octanol–water partition coefficient (Wildman–Crippen LogP) is 4.43. The highest BCUT2D eigenvalue weighted by Crippen LogP contribution is 2.32. The lowest BCUT2D eigenvalue weighted by Gasteiger charge is -2.24. The van der Waals surface area contributed by atoms with Crippen LogP contribution in [0.15, 0.2) is 59.5 Å². The van der Waals surface area contributed by atoms with Crippen molar-refractivity contribution in [3.05, 3.63) is 54.6 Å². The first kappa shape index (κ1) is 25.2. The van der Waals surface area contributed by atoms with E-state index in [-0.39, 0.29) is 11.8 Å². The van der Waals surface area contributed by atoms with Gasteiger partial charge in [0.25, 0.3) is 0 Å². The van der Waals surface area contributed by atoms with Crippen molar-refractivity contribution in [3.63, 3.8) is 0 Å². The van der Waals surface area contributed by atoms with Crippen LogP contribution < -0.4 is 20.1 Å². The Hall–Kier alpha value is -3.46. The first-order valence-electron chi connectivity index (χ1n) is 10.8. The third-order valence-electron chi connectivity index (χ3n) is 5.53. The van der Waals surface area contributed by atoms with E-state index in [1.807, 2.05) is 12.1 Å². The fraction of sp³-hybridized carbons (Fsp3) is 0.320. The summed E-state index contributed by atoms with van der Waals surface area (Å²) in [4.78, 5) is 37.8. The van der Waals surface area contributed by atoms with Gasteiger partial charge < -0.3 is 25.2 Å². The lowest BCUT2D eigenvalue weighted by atomic mass is 9.82. The number of carbonyl (C=O) groups is 3. The summed E-state index contributed by atoms with van der Waals surface area (Å²) < 4.78 is 10.5. The molecular formula is C25H28N2O6S. The second kappa shape index (κ2) is 11.6. The van der Waals surface area contributed by atoms with Crippen molar-refractivity contribution in [2.75, 3.05) is 24.9 Å². The number of carboxylic acid groups (broad SMARTS) is 1. The van der Waals surface area contributed by atoms with Crippen molar-refractivity contribution >= 4 is 40.9 Å². The van der Waals surface area contributed by atoms with Crippen molar-refractivity contribution in [2.45, 2.75) is 29.9 Å². The SMILES string of the molecule is COc1ccc(OC)c(NC(=O)C(C)Sc2cccc(NC(=O)C3CC=CCC3C(=O)O)c2)c1. The molecule has 2 amide bonds. The van der Waals surface area contributed by atoms with Gasteiger partial charge in [0, 0.05) is 16.6 Å². The van der Waals surface area contributed by atoms with Crippen LogP contribution in [0.25, 0.3) is 0 Å². The molecule has 34 heavy (non-hydrogen) atoms. The third kappa shape index (κ3) is 6.32. The number of benzene rings is 2. The molecule has 0 aliphatic heterocycles. The zero-order chi connectivity index (χ0) is 24.7. The molecular weight excluding hydrogens is 456 g/mol. The number of ether oxygens (including phenoxy) is 2. The standard InChI is InChI=1S/C25H28N2O6S/c1-15(23(28)27-21-14-17(32-2)11-12-22(21)33-3)34-18-8-6-7-16(13-18)26-24(29)19-9-4-5-10-20(19)25(30)31/h4-8,11-15,19-20H,9-10H2,1-3H3,(H,26,29)(H,27,28)(H,30,31). The number of amides is 2. The molecule has 0 heterocycles. The first-order valence-corrected chi connectivity index (χ1v) is 11.7. The number of allylic oxidation sites excluding steroid dienone is 2. The number of methoxy groups -OCH3 is 2. The fourth-order valence-corrected chi connectivity index (χ4v) is 4.59. The number of anilines is 2. The molecule has 180 valence electrons. The topological polar surface area (TPSA) is 114 Å². The van der Waals surface area contributed by atoms with E-state index < -0.39 is 23.1 Å². The van der Waals surface area contributed by atoms with Crippen LogP contribution in [0.1, 0.15) is 19.8 Å². The van der Waals surface area contributed by atoms with Gasteiger partial charge in [-0.2, -0.15) is 0 Å². The number of carbonyl (C=O) groups excluding carboxylic acids is 2. The van der Waals surface area contributed by atoms with Crippen LogP contribution in [0.4, 0.5) is 11.4 Å². The fourth-order valence-electron chi connectivity index (χ4n) is 3.66. The Balaban J connectivity index is 1.64. The smallest absolute Gasteiger partial charge is 0.307 e. The normalized spacial score (nSPS) is 18.0. The Bertz CT molecular complexity index is 1090. The summed E-state index contributed by atoms with van der Waals surface area (Å²) >= 11 is 1.34. The summed E-state index contributed by atoms with van der Waals surface area (Å²) in [6, 6.07) is 12.3. The lowest BCUT2D eigenvalue weighted by molar-refractivity contribution is -0.146. The van der Waals surface area contributed by atoms with Gasteiger partial charge in [-0.3, -0.25) is 14.4 Å². The molecule has 3 N–H and O–H groups in total. The van der Waals surface area contributed by atoms with E-state index in [0.29, 0.717) is 35.7 Å². The van der Waals surface area contributed by atoms with Gasteiger partial charge in [0.2, 0.25) is 11.8 Å². The van der Waals surface area contributed by atoms with Gasteiger partial charge in [-0.05, 0) is 50.1 Å².